The van der Waals surface area contributed by atoms with Crippen LogP contribution in [0.2, 0.25) is 0 Å². The topological polar surface area (TPSA) is 21.3 Å². The van der Waals surface area contributed by atoms with Crippen molar-refractivity contribution in [3.8, 4) is 27.9 Å². The third-order valence-electron chi connectivity index (χ3n) is 11.6. The van der Waals surface area contributed by atoms with E-state index in [4.69, 9.17) is 4.42 Å². The molecule has 0 fully saturated rings. The van der Waals surface area contributed by atoms with Gasteiger partial charge in [0, 0.05) is 38.6 Å². The maximum Gasteiger partial charge on any atom is 0.143 e. The summed E-state index contributed by atoms with van der Waals surface area (Å²) < 4.78 is 47.9. The highest BCUT2D eigenvalue weighted by Crippen LogP contribution is 2.46. The summed E-state index contributed by atoms with van der Waals surface area (Å²) in [7, 11) is 0. The lowest BCUT2D eigenvalue weighted by Crippen LogP contribution is -2.10. The largest absolute Gasteiger partial charge is 0.455 e. The number of furan rings is 1. The van der Waals surface area contributed by atoms with Gasteiger partial charge in [-0.15, -0.1) is 0 Å². The molecule has 0 aliphatic rings. The molecular weight excluding hydrogens is 717 g/mol. The number of para-hydroxylation sites is 2. The van der Waals surface area contributed by atoms with Crippen LogP contribution in [0.3, 0.4) is 0 Å². The lowest BCUT2D eigenvalue weighted by atomic mass is 9.97. The minimum atomic E-state index is -0.146. The zero-order valence-corrected chi connectivity index (χ0v) is 31.8. The Balaban J connectivity index is 1.14. The molecule has 10 aromatic carbocycles. The monoisotopic (exact) mass is 756 g/mol. The highest BCUT2D eigenvalue weighted by atomic mass is 16.3. The molecule has 0 saturated carbocycles. The molecule has 0 amide bonds. The third kappa shape index (κ3) is 5.29. The van der Waals surface area contributed by atoms with Gasteiger partial charge in [0.25, 0.3) is 0 Å². The number of anilines is 3. The van der Waals surface area contributed by atoms with Crippen molar-refractivity contribution in [2.75, 3.05) is 4.90 Å². The molecule has 0 radical (unpaired) electrons. The first-order valence-corrected chi connectivity index (χ1v) is 19.9. The number of benzene rings is 10. The van der Waals surface area contributed by atoms with E-state index < -0.39 is 0 Å². The fourth-order valence-electron chi connectivity index (χ4n) is 9.03. The third-order valence-corrected chi connectivity index (χ3v) is 11.6. The molecule has 0 N–H and O–H groups in total. The Morgan fingerprint density at radius 1 is 0.424 bits per heavy atom. The van der Waals surface area contributed by atoms with Crippen LogP contribution in [0.25, 0.3) is 93.2 Å². The van der Waals surface area contributed by atoms with Crippen LogP contribution in [0, 0.1) is 0 Å². The van der Waals surface area contributed by atoms with Crippen molar-refractivity contribution >= 4 is 82.4 Å². The Labute approximate surface area is 346 Å². The van der Waals surface area contributed by atoms with E-state index in [0.29, 0.717) is 22.5 Å². The van der Waals surface area contributed by atoms with Gasteiger partial charge in [0.2, 0.25) is 0 Å². The summed E-state index contributed by atoms with van der Waals surface area (Å²) in [6.07, 6.45) is 0. The highest BCUT2D eigenvalue weighted by Gasteiger charge is 2.22. The zero-order valence-electron chi connectivity index (χ0n) is 35.8. The van der Waals surface area contributed by atoms with E-state index in [1.54, 1.807) is 0 Å². The average molecular weight is 757 g/mol. The molecule has 0 unspecified atom stereocenters. The molecule has 0 saturated heterocycles. The summed E-state index contributed by atoms with van der Waals surface area (Å²) >= 11 is 0. The lowest BCUT2D eigenvalue weighted by Gasteiger charge is -2.27. The van der Waals surface area contributed by atoms with E-state index in [9.17, 15) is 5.48 Å². The maximum absolute atomic E-state index is 9.84. The Morgan fingerprint density at radius 2 is 1.08 bits per heavy atom. The van der Waals surface area contributed by atoms with Crippen molar-refractivity contribution in [1.29, 1.82) is 0 Å². The summed E-state index contributed by atoms with van der Waals surface area (Å²) in [4.78, 5) is 1.90. The first kappa shape index (κ1) is 29.4. The van der Waals surface area contributed by atoms with Crippen LogP contribution in [-0.2, 0) is 0 Å². The van der Waals surface area contributed by atoms with Crippen LogP contribution in [0.1, 0.15) is 5.48 Å². The van der Waals surface area contributed by atoms with Gasteiger partial charge >= 0.3 is 0 Å². The first-order chi connectivity index (χ1) is 31.0. The van der Waals surface area contributed by atoms with E-state index >= 15 is 0 Å². The van der Waals surface area contributed by atoms with Gasteiger partial charge in [-0.2, -0.15) is 0 Å². The minimum Gasteiger partial charge on any atom is -0.455 e. The smallest absolute Gasteiger partial charge is 0.143 e. The molecule has 276 valence electrons. The van der Waals surface area contributed by atoms with Crippen LogP contribution in [0.5, 0.6) is 0 Å². The molecule has 12 rings (SSSR count). The predicted octanol–water partition coefficient (Wildman–Crippen LogP) is 15.8. The maximum atomic E-state index is 9.84. The Bertz CT molecular complexity index is 3780. The number of aromatic nitrogens is 1. The van der Waals surface area contributed by atoms with Gasteiger partial charge in [-0.05, 0) is 105 Å². The van der Waals surface area contributed by atoms with Crippen LogP contribution in [0.4, 0.5) is 17.1 Å². The molecule has 59 heavy (non-hydrogen) atoms. The van der Waals surface area contributed by atoms with Crippen LogP contribution < -0.4 is 4.90 Å². The molecule has 2 aromatic heterocycles. The Hall–Kier alpha value is -7.88. The Morgan fingerprint density at radius 3 is 1.95 bits per heavy atom. The molecule has 0 atom stereocenters. The van der Waals surface area contributed by atoms with E-state index in [-0.39, 0.29) is 35.4 Å². The summed E-state index contributed by atoms with van der Waals surface area (Å²) in [5, 5.41) is 7.80. The van der Waals surface area contributed by atoms with E-state index in [2.05, 4.69) is 108 Å². The van der Waals surface area contributed by atoms with Gasteiger partial charge in [0.1, 0.15) is 11.2 Å². The zero-order chi connectivity index (χ0) is 42.3. The highest BCUT2D eigenvalue weighted by molar-refractivity contribution is 6.20. The van der Waals surface area contributed by atoms with Crippen LogP contribution in [-0.4, -0.2) is 4.57 Å². The van der Waals surface area contributed by atoms with Gasteiger partial charge in [-0.3, -0.25) is 0 Å². The fourth-order valence-corrected chi connectivity index (χ4v) is 9.03. The molecule has 3 heteroatoms. The SMILES string of the molecule is [2H]c1c([2H])c(N(c2cccc(-c3cccc4c3c3ccccc3n4-c3ccccc3)c2)c2cccc3oc4c5ccccc5ccc4c23)c([2H])c([2H])c1-c1cccc2ccccc12. The lowest BCUT2D eigenvalue weighted by molar-refractivity contribution is 0.672. The first-order valence-electron chi connectivity index (χ1n) is 21.9. The number of fused-ring (bicyclic) bond motifs is 9. The fraction of sp³-hybridized carbons (Fsp3) is 0. The number of hydrogen-bond donors (Lipinski definition) is 0. The second-order valence-electron chi connectivity index (χ2n) is 14.9. The summed E-state index contributed by atoms with van der Waals surface area (Å²) in [6.45, 7) is 0. The molecule has 0 aliphatic heterocycles. The van der Waals surface area contributed by atoms with Gasteiger partial charge in [0.05, 0.1) is 27.6 Å². The van der Waals surface area contributed by atoms with E-state index in [1.807, 2.05) is 95.9 Å². The second-order valence-corrected chi connectivity index (χ2v) is 14.9. The van der Waals surface area contributed by atoms with Crippen molar-refractivity contribution < 1.29 is 9.90 Å². The second kappa shape index (κ2) is 13.4. The quantitative estimate of drug-likeness (QED) is 0.168. The van der Waals surface area contributed by atoms with Crippen molar-refractivity contribution in [2.24, 2.45) is 0 Å². The van der Waals surface area contributed by atoms with Crippen LogP contribution in [0.15, 0.2) is 223 Å². The molecule has 3 nitrogen and oxygen atoms in total. The summed E-state index contributed by atoms with van der Waals surface area (Å²) in [6, 6.07) is 64.8. The van der Waals surface area contributed by atoms with E-state index in [0.717, 1.165) is 76.5 Å². The number of nitrogens with zero attached hydrogens (tertiary/aromatic N) is 2. The molecule has 0 spiro atoms. The molecule has 2 heterocycles. The Kier molecular flexibility index (Phi) is 6.65. The number of hydrogen-bond acceptors (Lipinski definition) is 2. The van der Waals surface area contributed by atoms with Gasteiger partial charge < -0.3 is 13.9 Å². The normalized spacial score (nSPS) is 12.7. The van der Waals surface area contributed by atoms with Crippen molar-refractivity contribution in [2.45, 2.75) is 0 Å². The number of rotatable bonds is 6. The molecule has 0 aliphatic carbocycles. The van der Waals surface area contributed by atoms with Gasteiger partial charge in [-0.1, -0.05) is 152 Å². The standard InChI is InChI=1S/C56H36N2O/c1-2-18-41(19-3-1)58-50-26-9-8-23-48(50)54-46(25-12-27-51(54)58)40-17-10-20-43(36-40)57(42-33-30-39(31-34-42)45-24-11-16-37-14-4-6-21-44(37)45)52-28-13-29-53-55(52)49-35-32-38-15-5-7-22-47(38)56(49)59-53/h1-36H/i30D,31D,33D,34D. The molecule has 0 bridgehead atoms. The summed E-state index contributed by atoms with van der Waals surface area (Å²) in [5.74, 6) is 0. The summed E-state index contributed by atoms with van der Waals surface area (Å²) in [5.41, 5.74) is 9.05. The van der Waals surface area contributed by atoms with Crippen molar-refractivity contribution in [1.82, 2.24) is 4.57 Å². The van der Waals surface area contributed by atoms with Gasteiger partial charge in [0.15, 0.2) is 0 Å². The van der Waals surface area contributed by atoms with E-state index in [1.165, 1.54) is 0 Å². The van der Waals surface area contributed by atoms with Crippen LogP contribution >= 0.6 is 0 Å². The molecule has 12 aromatic rings. The van der Waals surface area contributed by atoms with Crippen molar-refractivity contribution in [3.05, 3.63) is 218 Å². The average Bonchev–Trinajstić information content (AvgIpc) is 3.89. The van der Waals surface area contributed by atoms with Crippen molar-refractivity contribution in [3.63, 3.8) is 0 Å². The predicted molar refractivity (Wildman–Crippen MR) is 249 cm³/mol. The van der Waals surface area contributed by atoms with Gasteiger partial charge in [-0.25, -0.2) is 0 Å². The minimum absolute atomic E-state index is 0.114. The molecular formula is C56H36N2O.